The van der Waals surface area contributed by atoms with Crippen molar-refractivity contribution in [1.82, 2.24) is 9.80 Å². The number of amides is 2. The lowest BCUT2D eigenvalue weighted by molar-refractivity contribution is -0.137. The monoisotopic (exact) mass is 298 g/mol. The molecular weight excluding hydrogens is 272 g/mol. The van der Waals surface area contributed by atoms with Gasteiger partial charge in [0, 0.05) is 45.8 Å². The Labute approximate surface area is 126 Å². The van der Waals surface area contributed by atoms with Crippen molar-refractivity contribution in [1.29, 1.82) is 0 Å². The highest BCUT2D eigenvalue weighted by Crippen LogP contribution is 2.23. The lowest BCUT2D eigenvalue weighted by Crippen LogP contribution is -2.50. The Morgan fingerprint density at radius 1 is 1.29 bits per heavy atom. The smallest absolute Gasteiger partial charge is 0.320 e. The number of carbonyl (C=O) groups is 2. The van der Waals surface area contributed by atoms with Gasteiger partial charge in [-0.3, -0.25) is 4.79 Å². The molecule has 120 valence electrons. The average Bonchev–Trinajstić information content (AvgIpc) is 2.52. The van der Waals surface area contributed by atoms with Crippen LogP contribution in [0.4, 0.5) is 4.79 Å². The molecule has 2 amide bonds. The second-order valence-corrected chi connectivity index (χ2v) is 6.12. The number of nitrogens with zero attached hydrogens (tertiary/aromatic N) is 2. The number of carboxylic acid groups (broad SMARTS) is 1. The van der Waals surface area contributed by atoms with E-state index in [0.717, 1.165) is 45.4 Å². The van der Waals surface area contributed by atoms with Crippen LogP contribution in [0, 0.1) is 5.92 Å². The summed E-state index contributed by atoms with van der Waals surface area (Å²) in [5.74, 6) is -0.431. The third-order valence-electron chi connectivity index (χ3n) is 4.60. The van der Waals surface area contributed by atoms with Crippen LogP contribution in [0.15, 0.2) is 0 Å². The van der Waals surface area contributed by atoms with Crippen molar-refractivity contribution in [3.05, 3.63) is 0 Å². The Morgan fingerprint density at radius 2 is 2.00 bits per heavy atom. The van der Waals surface area contributed by atoms with Crippen LogP contribution in [0.1, 0.15) is 38.5 Å². The summed E-state index contributed by atoms with van der Waals surface area (Å²) in [7, 11) is 1.87. The van der Waals surface area contributed by atoms with Crippen molar-refractivity contribution in [2.45, 2.75) is 44.6 Å². The second kappa shape index (κ2) is 7.64. The van der Waals surface area contributed by atoms with Gasteiger partial charge >= 0.3 is 12.0 Å². The average molecular weight is 298 g/mol. The van der Waals surface area contributed by atoms with E-state index in [-0.39, 0.29) is 18.5 Å². The molecule has 6 heteroatoms. The van der Waals surface area contributed by atoms with Crippen LogP contribution in [0.5, 0.6) is 0 Å². The number of carboxylic acids is 1. The Morgan fingerprint density at radius 3 is 2.67 bits per heavy atom. The summed E-state index contributed by atoms with van der Waals surface area (Å²) in [6, 6.07) is 0.354. The summed E-state index contributed by atoms with van der Waals surface area (Å²) in [5, 5.41) is 8.78. The SMILES string of the molecule is CN(C(=O)N1CCCC(CCC(=O)O)C1)C1CCOCC1. The molecule has 2 fully saturated rings. The molecule has 0 aliphatic carbocycles. The molecule has 0 aromatic carbocycles. The fourth-order valence-electron chi connectivity index (χ4n) is 3.25. The lowest BCUT2D eigenvalue weighted by Gasteiger charge is -2.38. The van der Waals surface area contributed by atoms with Crippen molar-refractivity contribution in [3.8, 4) is 0 Å². The Kier molecular flexibility index (Phi) is 5.85. The molecule has 1 unspecified atom stereocenters. The number of likely N-dealkylation sites (tertiary alicyclic amines) is 1. The molecule has 2 heterocycles. The zero-order valence-electron chi connectivity index (χ0n) is 12.8. The van der Waals surface area contributed by atoms with Gasteiger partial charge in [0.1, 0.15) is 0 Å². The van der Waals surface area contributed by atoms with Crippen LogP contribution in [-0.2, 0) is 9.53 Å². The van der Waals surface area contributed by atoms with Crippen molar-refractivity contribution in [3.63, 3.8) is 0 Å². The summed E-state index contributed by atoms with van der Waals surface area (Å²) >= 11 is 0. The highest BCUT2D eigenvalue weighted by atomic mass is 16.5. The molecule has 2 aliphatic rings. The van der Waals surface area contributed by atoms with Gasteiger partial charge in [0.25, 0.3) is 0 Å². The zero-order valence-corrected chi connectivity index (χ0v) is 12.8. The Bertz CT molecular complexity index is 369. The van der Waals surface area contributed by atoms with Crippen LogP contribution in [-0.4, -0.2) is 66.3 Å². The molecule has 2 aliphatic heterocycles. The van der Waals surface area contributed by atoms with E-state index in [4.69, 9.17) is 9.84 Å². The first kappa shape index (κ1) is 16.1. The molecule has 0 spiro atoms. The first-order chi connectivity index (χ1) is 10.1. The van der Waals surface area contributed by atoms with Gasteiger partial charge in [0.15, 0.2) is 0 Å². The minimum Gasteiger partial charge on any atom is -0.481 e. The van der Waals surface area contributed by atoms with Gasteiger partial charge < -0.3 is 19.6 Å². The number of aliphatic carboxylic acids is 1. The summed E-state index contributed by atoms with van der Waals surface area (Å²) in [6.45, 7) is 2.93. The number of rotatable bonds is 4. The summed E-state index contributed by atoms with van der Waals surface area (Å²) in [6.07, 6.45) is 4.66. The van der Waals surface area contributed by atoms with Gasteiger partial charge in [-0.15, -0.1) is 0 Å². The summed E-state index contributed by atoms with van der Waals surface area (Å²) in [4.78, 5) is 27.0. The van der Waals surface area contributed by atoms with Crippen LogP contribution in [0.3, 0.4) is 0 Å². The molecule has 1 N–H and O–H groups in total. The van der Waals surface area contributed by atoms with Crippen molar-refractivity contribution < 1.29 is 19.4 Å². The molecule has 2 saturated heterocycles. The van der Waals surface area contributed by atoms with E-state index >= 15 is 0 Å². The summed E-state index contributed by atoms with van der Waals surface area (Å²) < 4.78 is 5.34. The van der Waals surface area contributed by atoms with E-state index in [1.807, 2.05) is 16.8 Å². The van der Waals surface area contributed by atoms with Gasteiger partial charge in [-0.1, -0.05) is 0 Å². The quantitative estimate of drug-likeness (QED) is 0.859. The number of ether oxygens (including phenoxy) is 1. The maximum absolute atomic E-state index is 12.6. The fraction of sp³-hybridized carbons (Fsp3) is 0.867. The van der Waals surface area contributed by atoms with E-state index in [0.29, 0.717) is 18.9 Å². The molecule has 0 saturated carbocycles. The van der Waals surface area contributed by atoms with Gasteiger partial charge in [0.2, 0.25) is 0 Å². The minimum absolute atomic E-state index is 0.0851. The molecule has 21 heavy (non-hydrogen) atoms. The third-order valence-corrected chi connectivity index (χ3v) is 4.60. The predicted octanol–water partition coefficient (Wildman–Crippen LogP) is 1.79. The number of urea groups is 1. The molecular formula is C15H26N2O4. The van der Waals surface area contributed by atoms with Gasteiger partial charge in [0.05, 0.1) is 0 Å². The first-order valence-electron chi connectivity index (χ1n) is 7.89. The number of hydrogen-bond donors (Lipinski definition) is 1. The number of piperidine rings is 1. The molecule has 0 aromatic heterocycles. The maximum Gasteiger partial charge on any atom is 0.320 e. The van der Waals surface area contributed by atoms with E-state index in [9.17, 15) is 9.59 Å². The van der Waals surface area contributed by atoms with Crippen LogP contribution in [0.2, 0.25) is 0 Å². The van der Waals surface area contributed by atoms with Crippen LogP contribution >= 0.6 is 0 Å². The molecule has 0 radical (unpaired) electrons. The van der Waals surface area contributed by atoms with Gasteiger partial charge in [-0.25, -0.2) is 4.79 Å². The Hall–Kier alpha value is -1.30. The highest BCUT2D eigenvalue weighted by Gasteiger charge is 2.29. The van der Waals surface area contributed by atoms with Crippen molar-refractivity contribution in [2.75, 3.05) is 33.4 Å². The normalized spacial score (nSPS) is 23.9. The van der Waals surface area contributed by atoms with Gasteiger partial charge in [-0.05, 0) is 38.0 Å². The number of carbonyl (C=O) groups excluding carboxylic acids is 1. The van der Waals surface area contributed by atoms with Crippen molar-refractivity contribution in [2.24, 2.45) is 5.92 Å². The van der Waals surface area contributed by atoms with E-state index in [2.05, 4.69) is 0 Å². The predicted molar refractivity (Wildman–Crippen MR) is 78.2 cm³/mol. The molecule has 1 atom stereocenters. The maximum atomic E-state index is 12.6. The molecule has 0 aromatic rings. The highest BCUT2D eigenvalue weighted by molar-refractivity contribution is 5.74. The van der Waals surface area contributed by atoms with Gasteiger partial charge in [-0.2, -0.15) is 0 Å². The minimum atomic E-state index is -0.752. The second-order valence-electron chi connectivity index (χ2n) is 6.12. The largest absolute Gasteiger partial charge is 0.481 e. The van der Waals surface area contributed by atoms with Crippen LogP contribution in [0.25, 0.3) is 0 Å². The summed E-state index contributed by atoms with van der Waals surface area (Å²) in [5.41, 5.74) is 0. The lowest BCUT2D eigenvalue weighted by atomic mass is 9.93. The molecule has 0 bridgehead atoms. The van der Waals surface area contributed by atoms with E-state index in [1.165, 1.54) is 0 Å². The van der Waals surface area contributed by atoms with Crippen LogP contribution < -0.4 is 0 Å². The zero-order chi connectivity index (χ0) is 15.2. The topological polar surface area (TPSA) is 70.1 Å². The third kappa shape index (κ3) is 4.59. The molecule has 2 rings (SSSR count). The molecule has 6 nitrogen and oxygen atoms in total. The first-order valence-corrected chi connectivity index (χ1v) is 7.89. The van der Waals surface area contributed by atoms with Crippen molar-refractivity contribution >= 4 is 12.0 Å². The Balaban J connectivity index is 1.84. The van der Waals surface area contributed by atoms with E-state index < -0.39 is 5.97 Å². The van der Waals surface area contributed by atoms with E-state index in [1.54, 1.807) is 0 Å². The fourth-order valence-corrected chi connectivity index (χ4v) is 3.25. The number of hydrogen-bond acceptors (Lipinski definition) is 3. The standard InChI is InChI=1S/C15H26N2O4/c1-16(13-6-9-21-10-7-13)15(20)17-8-2-3-12(11-17)4-5-14(18)19/h12-13H,2-11H2,1H3,(H,18,19).